The van der Waals surface area contributed by atoms with Crippen molar-refractivity contribution in [2.45, 2.75) is 13.3 Å². The van der Waals surface area contributed by atoms with E-state index in [2.05, 4.69) is 26.2 Å². The number of fused-ring (bicyclic) bond motifs is 1. The summed E-state index contributed by atoms with van der Waals surface area (Å²) in [6.45, 7) is 2.29. The average molecular weight is 455 g/mol. The van der Waals surface area contributed by atoms with E-state index in [1.54, 1.807) is 35.9 Å². The van der Waals surface area contributed by atoms with E-state index in [0.717, 1.165) is 10.9 Å². The van der Waals surface area contributed by atoms with E-state index < -0.39 is 5.82 Å². The zero-order valence-corrected chi connectivity index (χ0v) is 17.2. The van der Waals surface area contributed by atoms with Crippen molar-refractivity contribution in [1.82, 2.24) is 9.55 Å². The molecule has 0 radical (unpaired) electrons. The second-order valence-corrected chi connectivity index (χ2v) is 7.38. The number of Topliss-reactive ketones (excluding diaryl/α,β-unsaturated/α-hetero) is 1. The van der Waals surface area contributed by atoms with E-state index in [4.69, 9.17) is 16.3 Å². The minimum absolute atomic E-state index is 0.0375. The zero-order chi connectivity index (χ0) is 19.6. The lowest BCUT2D eigenvalue weighted by atomic mass is 10.1. The summed E-state index contributed by atoms with van der Waals surface area (Å²) in [6, 6.07) is 6.79. The second kappa shape index (κ2) is 8.37. The summed E-state index contributed by atoms with van der Waals surface area (Å²) in [4.78, 5) is 16.8. The lowest BCUT2D eigenvalue weighted by Gasteiger charge is -2.15. The first-order valence-electron chi connectivity index (χ1n) is 8.39. The maximum Gasteiger partial charge on any atom is 0.190 e. The zero-order valence-electron chi connectivity index (χ0n) is 14.9. The van der Waals surface area contributed by atoms with E-state index in [-0.39, 0.29) is 29.2 Å². The molecule has 0 fully saturated rings. The number of ether oxygens (including phenoxy) is 1. The molecule has 3 rings (SSSR count). The Morgan fingerprint density at radius 3 is 2.89 bits per heavy atom. The van der Waals surface area contributed by atoms with Gasteiger partial charge in [-0.25, -0.2) is 9.37 Å². The molecule has 0 saturated heterocycles. The number of nitrogens with one attached hydrogen (secondary N) is 1. The Balaban J connectivity index is 2.09. The number of hydrogen-bond donors (Lipinski definition) is 1. The minimum Gasteiger partial charge on any atom is -0.373 e. The Labute approximate surface area is 169 Å². The van der Waals surface area contributed by atoms with E-state index >= 15 is 4.39 Å². The van der Waals surface area contributed by atoms with Crippen molar-refractivity contribution in [3.63, 3.8) is 0 Å². The van der Waals surface area contributed by atoms with Crippen LogP contribution < -0.4 is 5.32 Å². The highest BCUT2D eigenvalue weighted by Gasteiger charge is 2.22. The number of rotatable bonds is 7. The van der Waals surface area contributed by atoms with Crippen molar-refractivity contribution in [2.75, 3.05) is 18.5 Å². The SMILES string of the molecule is CCCOCC(=O)c1cc2c(ncn2C)c(F)c1Nc1ccc(Br)cc1Cl. The third-order valence-electron chi connectivity index (χ3n) is 4.03. The molecule has 0 bridgehead atoms. The molecule has 3 aromatic rings. The number of carbonyl (C=O) groups excluding carboxylic acids is 1. The average Bonchev–Trinajstić information content (AvgIpc) is 3.00. The Hall–Kier alpha value is -1.96. The van der Waals surface area contributed by atoms with Gasteiger partial charge in [0.05, 0.1) is 28.2 Å². The fourth-order valence-electron chi connectivity index (χ4n) is 2.68. The monoisotopic (exact) mass is 453 g/mol. The highest BCUT2D eigenvalue weighted by molar-refractivity contribution is 9.10. The van der Waals surface area contributed by atoms with Crippen LogP contribution in [-0.2, 0) is 11.8 Å². The van der Waals surface area contributed by atoms with Crippen molar-refractivity contribution in [3.8, 4) is 0 Å². The van der Waals surface area contributed by atoms with E-state index in [0.29, 0.717) is 22.8 Å². The number of aryl methyl sites for hydroxylation is 1. The third kappa shape index (κ3) is 4.15. The summed E-state index contributed by atoms with van der Waals surface area (Å²) in [5.41, 5.74) is 1.42. The van der Waals surface area contributed by atoms with Crippen molar-refractivity contribution in [1.29, 1.82) is 0 Å². The number of carbonyl (C=O) groups is 1. The van der Waals surface area contributed by atoms with Crippen LogP contribution in [0.3, 0.4) is 0 Å². The molecule has 0 aliphatic carbocycles. The van der Waals surface area contributed by atoms with Gasteiger partial charge in [0, 0.05) is 23.7 Å². The first-order valence-corrected chi connectivity index (χ1v) is 9.56. The molecule has 1 N–H and O–H groups in total. The van der Waals surface area contributed by atoms with Crippen LogP contribution in [0, 0.1) is 5.82 Å². The molecular formula is C19H18BrClFN3O2. The summed E-state index contributed by atoms with van der Waals surface area (Å²) in [7, 11) is 1.75. The first-order chi connectivity index (χ1) is 12.9. The fraction of sp³-hybridized carbons (Fsp3) is 0.263. The molecular weight excluding hydrogens is 437 g/mol. The highest BCUT2D eigenvalue weighted by Crippen LogP contribution is 2.34. The van der Waals surface area contributed by atoms with Crippen molar-refractivity contribution in [3.05, 3.63) is 51.5 Å². The van der Waals surface area contributed by atoms with Gasteiger partial charge in [0.25, 0.3) is 0 Å². The number of nitrogens with zero attached hydrogens (tertiary/aromatic N) is 2. The molecule has 0 atom stereocenters. The predicted molar refractivity (Wildman–Crippen MR) is 109 cm³/mol. The number of hydrogen-bond acceptors (Lipinski definition) is 4. The molecule has 142 valence electrons. The Kier molecular flexibility index (Phi) is 6.14. The van der Waals surface area contributed by atoms with Gasteiger partial charge in [-0.1, -0.05) is 34.5 Å². The first kappa shape index (κ1) is 19.8. The summed E-state index contributed by atoms with van der Waals surface area (Å²) in [6.07, 6.45) is 2.30. The number of ketones is 1. The molecule has 0 amide bonds. The summed E-state index contributed by atoms with van der Waals surface area (Å²) in [5.74, 6) is -0.924. The molecule has 5 nitrogen and oxygen atoms in total. The van der Waals surface area contributed by atoms with Crippen LogP contribution in [0.5, 0.6) is 0 Å². The van der Waals surface area contributed by atoms with Crippen LogP contribution in [0.15, 0.2) is 35.1 Å². The lowest BCUT2D eigenvalue weighted by molar-refractivity contribution is 0.0762. The lowest BCUT2D eigenvalue weighted by Crippen LogP contribution is -2.13. The van der Waals surface area contributed by atoms with Crippen molar-refractivity contribution >= 4 is 55.7 Å². The van der Waals surface area contributed by atoms with Crippen LogP contribution in [0.1, 0.15) is 23.7 Å². The molecule has 8 heteroatoms. The summed E-state index contributed by atoms with van der Waals surface area (Å²) in [5, 5.41) is 3.35. The van der Waals surface area contributed by atoms with E-state index in [9.17, 15) is 4.79 Å². The van der Waals surface area contributed by atoms with Crippen LogP contribution >= 0.6 is 27.5 Å². The predicted octanol–water partition coefficient (Wildman–Crippen LogP) is 5.48. The van der Waals surface area contributed by atoms with E-state index in [1.165, 1.54) is 6.33 Å². The number of aromatic nitrogens is 2. The summed E-state index contributed by atoms with van der Waals surface area (Å²) >= 11 is 9.58. The van der Waals surface area contributed by atoms with Gasteiger partial charge in [0.2, 0.25) is 0 Å². The maximum atomic E-state index is 15.2. The smallest absolute Gasteiger partial charge is 0.190 e. The number of imidazole rings is 1. The van der Waals surface area contributed by atoms with Gasteiger partial charge in [-0.3, -0.25) is 4.79 Å². The standard InChI is InChI=1S/C19H18BrClFN3O2/c1-3-6-27-9-16(26)12-8-15-19(23-10-25(15)2)17(22)18(12)24-14-5-4-11(20)7-13(14)21/h4-5,7-8,10,24H,3,6,9H2,1-2H3. The van der Waals surface area contributed by atoms with Gasteiger partial charge < -0.3 is 14.6 Å². The number of halogens is 3. The van der Waals surface area contributed by atoms with E-state index in [1.807, 2.05) is 6.92 Å². The Morgan fingerprint density at radius 2 is 2.19 bits per heavy atom. The van der Waals surface area contributed by atoms with Crippen LogP contribution in [0.25, 0.3) is 11.0 Å². The van der Waals surface area contributed by atoms with Crippen LogP contribution in [0.4, 0.5) is 15.8 Å². The van der Waals surface area contributed by atoms with Gasteiger partial charge in [0.15, 0.2) is 11.6 Å². The minimum atomic E-state index is -0.606. The molecule has 27 heavy (non-hydrogen) atoms. The van der Waals surface area contributed by atoms with Crippen LogP contribution in [-0.4, -0.2) is 28.5 Å². The molecule has 2 aromatic carbocycles. The van der Waals surface area contributed by atoms with Gasteiger partial charge in [0.1, 0.15) is 12.1 Å². The quantitative estimate of drug-likeness (QED) is 0.379. The number of anilines is 2. The van der Waals surface area contributed by atoms with Crippen molar-refractivity contribution in [2.24, 2.45) is 7.05 Å². The molecule has 1 aromatic heterocycles. The van der Waals surface area contributed by atoms with Crippen molar-refractivity contribution < 1.29 is 13.9 Å². The Bertz CT molecular complexity index is 1010. The maximum absolute atomic E-state index is 15.2. The normalized spacial score (nSPS) is 11.1. The molecule has 0 unspecified atom stereocenters. The van der Waals surface area contributed by atoms with Gasteiger partial charge in [-0.15, -0.1) is 0 Å². The summed E-state index contributed by atoms with van der Waals surface area (Å²) < 4.78 is 23.0. The Morgan fingerprint density at radius 1 is 1.41 bits per heavy atom. The van der Waals surface area contributed by atoms with Gasteiger partial charge in [-0.2, -0.15) is 0 Å². The van der Waals surface area contributed by atoms with Crippen LogP contribution in [0.2, 0.25) is 5.02 Å². The molecule has 1 heterocycles. The van der Waals surface area contributed by atoms with Gasteiger partial charge >= 0.3 is 0 Å². The highest BCUT2D eigenvalue weighted by atomic mass is 79.9. The second-order valence-electron chi connectivity index (χ2n) is 6.06. The molecule has 0 spiro atoms. The number of benzene rings is 2. The third-order valence-corrected chi connectivity index (χ3v) is 4.84. The largest absolute Gasteiger partial charge is 0.373 e. The van der Waals surface area contributed by atoms with Gasteiger partial charge in [-0.05, 0) is 30.7 Å². The topological polar surface area (TPSA) is 56.1 Å². The molecule has 0 aliphatic rings. The molecule has 0 saturated carbocycles. The fourth-order valence-corrected chi connectivity index (χ4v) is 3.40. The molecule has 0 aliphatic heterocycles.